The van der Waals surface area contributed by atoms with Crippen LogP contribution in [0.4, 0.5) is 0 Å². The number of hydrogen-bond donors (Lipinski definition) is 0. The predicted octanol–water partition coefficient (Wildman–Crippen LogP) is 3.60. The quantitative estimate of drug-likeness (QED) is 0.467. The Labute approximate surface area is 111 Å². The summed E-state index contributed by atoms with van der Waals surface area (Å²) in [6.07, 6.45) is 0. The van der Waals surface area contributed by atoms with Crippen molar-refractivity contribution in [3.63, 3.8) is 0 Å². The van der Waals surface area contributed by atoms with E-state index in [1.807, 2.05) is 0 Å². The zero-order valence-electron chi connectivity index (χ0n) is 11.3. The Balaban J connectivity index is 2.32. The summed E-state index contributed by atoms with van der Waals surface area (Å²) in [5.41, 5.74) is 7.20. The molecule has 0 saturated heterocycles. The second-order valence-electron chi connectivity index (χ2n) is 5.29. The molecule has 0 saturated carbocycles. The van der Waals surface area contributed by atoms with Crippen LogP contribution in [0.25, 0.3) is 27.8 Å². The highest BCUT2D eigenvalue weighted by molar-refractivity contribution is 5.91. The molecular weight excluding hydrogens is 234 g/mol. The summed E-state index contributed by atoms with van der Waals surface area (Å²) < 4.78 is 4.40. The third-order valence-electron chi connectivity index (χ3n) is 3.83. The SMILES string of the molecule is Cc1ccc2c(c1)nc1n(C)c3ccc(C)cc3n21. The standard InChI is InChI=1S/C16H15N3/c1-10-4-6-13-12(8-10)17-16-18(3)14-7-5-11(2)9-15(14)19(13)16/h4-9H,1-3H3. The minimum Gasteiger partial charge on any atom is -0.313 e. The fourth-order valence-corrected chi connectivity index (χ4v) is 2.84. The van der Waals surface area contributed by atoms with Gasteiger partial charge in [-0.1, -0.05) is 12.1 Å². The zero-order chi connectivity index (χ0) is 13.1. The average molecular weight is 249 g/mol. The Bertz CT molecular complexity index is 941. The number of hydrogen-bond acceptors (Lipinski definition) is 1. The normalized spacial score (nSPS) is 11.9. The third-order valence-corrected chi connectivity index (χ3v) is 3.83. The van der Waals surface area contributed by atoms with E-state index in [9.17, 15) is 0 Å². The second-order valence-corrected chi connectivity index (χ2v) is 5.29. The molecule has 94 valence electrons. The van der Waals surface area contributed by atoms with Gasteiger partial charge in [-0.3, -0.25) is 4.40 Å². The summed E-state index contributed by atoms with van der Waals surface area (Å²) in [4.78, 5) is 4.77. The largest absolute Gasteiger partial charge is 0.313 e. The summed E-state index contributed by atoms with van der Waals surface area (Å²) in [5, 5.41) is 0. The molecule has 0 atom stereocenters. The molecule has 4 aromatic rings. The van der Waals surface area contributed by atoms with Crippen LogP contribution in [0.2, 0.25) is 0 Å². The molecule has 0 aliphatic rings. The van der Waals surface area contributed by atoms with Crippen molar-refractivity contribution in [1.82, 2.24) is 14.0 Å². The number of imidazole rings is 2. The van der Waals surface area contributed by atoms with Crippen LogP contribution in [-0.4, -0.2) is 14.0 Å². The minimum absolute atomic E-state index is 1.00. The molecule has 0 aliphatic carbocycles. The topological polar surface area (TPSA) is 22.2 Å². The van der Waals surface area contributed by atoms with Crippen LogP contribution in [0.3, 0.4) is 0 Å². The Hall–Kier alpha value is -2.29. The first-order chi connectivity index (χ1) is 9.15. The average Bonchev–Trinajstić information content (AvgIpc) is 2.86. The molecule has 0 spiro atoms. The molecule has 0 unspecified atom stereocenters. The van der Waals surface area contributed by atoms with Crippen LogP contribution >= 0.6 is 0 Å². The minimum atomic E-state index is 1.00. The maximum absolute atomic E-state index is 4.77. The van der Waals surface area contributed by atoms with Crippen LogP contribution in [0.5, 0.6) is 0 Å². The summed E-state index contributed by atoms with van der Waals surface area (Å²) in [7, 11) is 2.08. The van der Waals surface area contributed by atoms with Gasteiger partial charge in [0.15, 0.2) is 0 Å². The number of fused-ring (bicyclic) bond motifs is 5. The maximum atomic E-state index is 4.77. The van der Waals surface area contributed by atoms with Gasteiger partial charge in [0.25, 0.3) is 0 Å². The summed E-state index contributed by atoms with van der Waals surface area (Å²) in [5.74, 6) is 1.00. The molecule has 0 N–H and O–H groups in total. The van der Waals surface area contributed by atoms with E-state index >= 15 is 0 Å². The van der Waals surface area contributed by atoms with E-state index < -0.39 is 0 Å². The van der Waals surface area contributed by atoms with E-state index in [4.69, 9.17) is 4.98 Å². The van der Waals surface area contributed by atoms with Crippen LogP contribution in [0, 0.1) is 13.8 Å². The van der Waals surface area contributed by atoms with Crippen molar-refractivity contribution < 1.29 is 0 Å². The van der Waals surface area contributed by atoms with Gasteiger partial charge in [-0.05, 0) is 49.2 Å². The lowest BCUT2D eigenvalue weighted by molar-refractivity contribution is 0.973. The fraction of sp³-hybridized carbons (Fsp3) is 0.188. The fourth-order valence-electron chi connectivity index (χ4n) is 2.84. The van der Waals surface area contributed by atoms with E-state index in [0.717, 1.165) is 11.3 Å². The van der Waals surface area contributed by atoms with E-state index in [2.05, 4.69) is 66.3 Å². The van der Waals surface area contributed by atoms with Crippen molar-refractivity contribution in [2.45, 2.75) is 13.8 Å². The van der Waals surface area contributed by atoms with Gasteiger partial charge in [0.05, 0.1) is 22.1 Å². The molecule has 3 heteroatoms. The van der Waals surface area contributed by atoms with Crippen LogP contribution < -0.4 is 0 Å². The molecule has 2 heterocycles. The summed E-state index contributed by atoms with van der Waals surface area (Å²) in [6.45, 7) is 4.23. The Morgan fingerprint density at radius 3 is 2.32 bits per heavy atom. The number of rotatable bonds is 0. The first-order valence-electron chi connectivity index (χ1n) is 6.49. The first-order valence-corrected chi connectivity index (χ1v) is 6.49. The van der Waals surface area contributed by atoms with Crippen molar-refractivity contribution in [3.8, 4) is 0 Å². The molecule has 0 bridgehead atoms. The predicted molar refractivity (Wildman–Crippen MR) is 78.6 cm³/mol. The van der Waals surface area contributed by atoms with Gasteiger partial charge < -0.3 is 4.57 Å². The number of aryl methyl sites for hydroxylation is 3. The highest BCUT2D eigenvalue weighted by Gasteiger charge is 2.13. The maximum Gasteiger partial charge on any atom is 0.215 e. The van der Waals surface area contributed by atoms with Gasteiger partial charge in [0.2, 0.25) is 5.78 Å². The summed E-state index contributed by atoms with van der Waals surface area (Å²) >= 11 is 0. The van der Waals surface area contributed by atoms with Gasteiger partial charge in [0.1, 0.15) is 0 Å². The van der Waals surface area contributed by atoms with Gasteiger partial charge in [0, 0.05) is 7.05 Å². The molecule has 0 amide bonds. The van der Waals surface area contributed by atoms with Gasteiger partial charge >= 0.3 is 0 Å². The van der Waals surface area contributed by atoms with Gasteiger partial charge in [-0.2, -0.15) is 0 Å². The molecule has 2 aromatic heterocycles. The Morgan fingerprint density at radius 1 is 0.842 bits per heavy atom. The van der Waals surface area contributed by atoms with E-state index in [0.29, 0.717) is 0 Å². The molecule has 0 fully saturated rings. The number of aromatic nitrogens is 3. The number of nitrogens with zero attached hydrogens (tertiary/aromatic N) is 3. The first kappa shape index (κ1) is 10.6. The lowest BCUT2D eigenvalue weighted by atomic mass is 10.2. The van der Waals surface area contributed by atoms with E-state index in [-0.39, 0.29) is 0 Å². The molecule has 3 nitrogen and oxygen atoms in total. The number of benzene rings is 2. The molecule has 4 rings (SSSR count). The zero-order valence-corrected chi connectivity index (χ0v) is 11.3. The van der Waals surface area contributed by atoms with Crippen molar-refractivity contribution in [1.29, 1.82) is 0 Å². The van der Waals surface area contributed by atoms with E-state index in [1.54, 1.807) is 0 Å². The lowest BCUT2D eigenvalue weighted by Gasteiger charge is -1.98. The second kappa shape index (κ2) is 3.38. The van der Waals surface area contributed by atoms with Crippen molar-refractivity contribution in [2.75, 3.05) is 0 Å². The molecule has 2 aromatic carbocycles. The Kier molecular flexibility index (Phi) is 1.89. The molecule has 0 radical (unpaired) electrons. The van der Waals surface area contributed by atoms with Crippen LogP contribution in [0.1, 0.15) is 11.1 Å². The third kappa shape index (κ3) is 1.30. The van der Waals surface area contributed by atoms with Crippen molar-refractivity contribution in [3.05, 3.63) is 47.5 Å². The lowest BCUT2D eigenvalue weighted by Crippen LogP contribution is -1.87. The smallest absolute Gasteiger partial charge is 0.215 e. The Morgan fingerprint density at radius 2 is 1.53 bits per heavy atom. The van der Waals surface area contributed by atoms with Gasteiger partial charge in [-0.25, -0.2) is 4.98 Å². The summed E-state index contributed by atoms with van der Waals surface area (Å²) in [6, 6.07) is 13.0. The highest BCUT2D eigenvalue weighted by atomic mass is 15.2. The molecule has 19 heavy (non-hydrogen) atoms. The molecular formula is C16H15N3. The van der Waals surface area contributed by atoms with E-state index in [1.165, 1.54) is 27.7 Å². The van der Waals surface area contributed by atoms with Crippen molar-refractivity contribution >= 4 is 27.8 Å². The monoisotopic (exact) mass is 249 g/mol. The molecule has 0 aliphatic heterocycles. The van der Waals surface area contributed by atoms with Crippen LogP contribution in [0.15, 0.2) is 36.4 Å². The highest BCUT2D eigenvalue weighted by Crippen LogP contribution is 2.26. The van der Waals surface area contributed by atoms with Gasteiger partial charge in [-0.15, -0.1) is 0 Å². The van der Waals surface area contributed by atoms with Crippen LogP contribution in [-0.2, 0) is 7.05 Å². The van der Waals surface area contributed by atoms with Crippen molar-refractivity contribution in [2.24, 2.45) is 7.05 Å².